The second-order valence-corrected chi connectivity index (χ2v) is 5.64. The van der Waals surface area contributed by atoms with Crippen LogP contribution in [-0.2, 0) is 11.2 Å². The summed E-state index contributed by atoms with van der Waals surface area (Å²) in [5.41, 5.74) is 1.13. The summed E-state index contributed by atoms with van der Waals surface area (Å²) in [4.78, 5) is 4.08. The van der Waals surface area contributed by atoms with Crippen molar-refractivity contribution >= 4 is 29.9 Å². The van der Waals surface area contributed by atoms with Gasteiger partial charge in [-0.3, -0.25) is 4.99 Å². The van der Waals surface area contributed by atoms with Crippen molar-refractivity contribution in [2.75, 3.05) is 27.2 Å². The van der Waals surface area contributed by atoms with Gasteiger partial charge in [0.15, 0.2) is 5.96 Å². The van der Waals surface area contributed by atoms with Crippen molar-refractivity contribution in [3.8, 4) is 0 Å². The molecule has 0 spiro atoms. The molecule has 0 saturated carbocycles. The predicted octanol–water partition coefficient (Wildman–Crippen LogP) is 3.82. The zero-order valence-electron chi connectivity index (χ0n) is 15.1. The first kappa shape index (κ1) is 23.2. The Labute approximate surface area is 174 Å². The highest BCUT2D eigenvalue weighted by atomic mass is 127. The summed E-state index contributed by atoms with van der Waals surface area (Å²) >= 11 is 0. The molecule has 0 aliphatic carbocycles. The van der Waals surface area contributed by atoms with Gasteiger partial charge in [0.25, 0.3) is 0 Å². The van der Waals surface area contributed by atoms with E-state index in [1.54, 1.807) is 26.3 Å². The largest absolute Gasteiger partial charge is 0.375 e. The molecular formula is C19H23F3IN3O. The third-order valence-electron chi connectivity index (χ3n) is 3.90. The summed E-state index contributed by atoms with van der Waals surface area (Å²) in [5.74, 6) is -0.706. The number of guanidine groups is 1. The van der Waals surface area contributed by atoms with Gasteiger partial charge in [-0.05, 0) is 47.9 Å². The van der Waals surface area contributed by atoms with Gasteiger partial charge in [-0.1, -0.05) is 12.1 Å². The molecule has 4 nitrogen and oxygen atoms in total. The van der Waals surface area contributed by atoms with Gasteiger partial charge in [-0.2, -0.15) is 0 Å². The number of hydrogen-bond acceptors (Lipinski definition) is 2. The minimum atomic E-state index is -0.467. The minimum Gasteiger partial charge on any atom is -0.375 e. The normalized spacial score (nSPS) is 12.3. The number of hydrogen-bond donors (Lipinski definition) is 2. The molecule has 1 unspecified atom stereocenters. The zero-order valence-corrected chi connectivity index (χ0v) is 17.5. The number of aliphatic imine (C=N–C) groups is 1. The van der Waals surface area contributed by atoms with Crippen molar-refractivity contribution in [3.05, 3.63) is 71.0 Å². The Morgan fingerprint density at radius 3 is 2.33 bits per heavy atom. The second-order valence-electron chi connectivity index (χ2n) is 5.64. The average Bonchev–Trinajstić information content (AvgIpc) is 2.64. The van der Waals surface area contributed by atoms with E-state index in [0.29, 0.717) is 31.0 Å². The van der Waals surface area contributed by atoms with Crippen molar-refractivity contribution in [2.24, 2.45) is 4.99 Å². The highest BCUT2D eigenvalue weighted by Crippen LogP contribution is 2.16. The van der Waals surface area contributed by atoms with Gasteiger partial charge in [0, 0.05) is 27.2 Å². The third kappa shape index (κ3) is 7.37. The molecule has 8 heteroatoms. The monoisotopic (exact) mass is 493 g/mol. The molecule has 0 aliphatic rings. The molecular weight excluding hydrogens is 470 g/mol. The molecule has 1 atom stereocenters. The van der Waals surface area contributed by atoms with Crippen molar-refractivity contribution in [3.63, 3.8) is 0 Å². The smallest absolute Gasteiger partial charge is 0.191 e. The molecule has 0 fully saturated rings. The van der Waals surface area contributed by atoms with Crippen LogP contribution in [0.5, 0.6) is 0 Å². The number of nitrogens with zero attached hydrogens (tertiary/aromatic N) is 1. The van der Waals surface area contributed by atoms with Crippen LogP contribution in [0.1, 0.15) is 17.2 Å². The quantitative estimate of drug-likeness (QED) is 0.351. The van der Waals surface area contributed by atoms with Gasteiger partial charge < -0.3 is 15.4 Å². The van der Waals surface area contributed by atoms with Crippen molar-refractivity contribution in [1.29, 1.82) is 0 Å². The highest BCUT2D eigenvalue weighted by molar-refractivity contribution is 14.0. The first-order chi connectivity index (χ1) is 12.5. The van der Waals surface area contributed by atoms with Crippen LogP contribution in [0.25, 0.3) is 0 Å². The van der Waals surface area contributed by atoms with E-state index in [4.69, 9.17) is 4.74 Å². The summed E-state index contributed by atoms with van der Waals surface area (Å²) in [6.45, 7) is 0.796. The van der Waals surface area contributed by atoms with Crippen LogP contribution < -0.4 is 10.6 Å². The Hall–Kier alpha value is -1.81. The standard InChI is InChI=1S/C19H22F3N3O.HI/c1-23-19(24-10-9-14-11-16(21)7-8-17(14)22)25-12-18(26-2)13-3-5-15(20)6-4-13;/h3-8,11,18H,9-10,12H2,1-2H3,(H2,23,24,25);1H. The van der Waals surface area contributed by atoms with E-state index < -0.39 is 11.6 Å². The first-order valence-corrected chi connectivity index (χ1v) is 8.20. The van der Waals surface area contributed by atoms with Gasteiger partial charge in [-0.15, -0.1) is 24.0 Å². The number of rotatable bonds is 7. The lowest BCUT2D eigenvalue weighted by Crippen LogP contribution is -2.40. The van der Waals surface area contributed by atoms with E-state index in [1.807, 2.05) is 0 Å². The Balaban J connectivity index is 0.00000364. The van der Waals surface area contributed by atoms with Gasteiger partial charge in [-0.25, -0.2) is 13.2 Å². The molecule has 2 aromatic rings. The van der Waals surface area contributed by atoms with Crippen LogP contribution in [0.15, 0.2) is 47.5 Å². The van der Waals surface area contributed by atoms with Crippen LogP contribution in [0, 0.1) is 17.5 Å². The van der Waals surface area contributed by atoms with E-state index in [1.165, 1.54) is 18.2 Å². The van der Waals surface area contributed by atoms with E-state index in [0.717, 1.165) is 17.7 Å². The zero-order chi connectivity index (χ0) is 18.9. The molecule has 0 bridgehead atoms. The topological polar surface area (TPSA) is 45.7 Å². The molecule has 2 rings (SSSR count). The summed E-state index contributed by atoms with van der Waals surface area (Å²) in [6, 6.07) is 9.46. The van der Waals surface area contributed by atoms with Crippen molar-refractivity contribution in [2.45, 2.75) is 12.5 Å². The van der Waals surface area contributed by atoms with Crippen LogP contribution in [0.2, 0.25) is 0 Å². The Morgan fingerprint density at radius 2 is 1.70 bits per heavy atom. The Morgan fingerprint density at radius 1 is 1.04 bits per heavy atom. The molecule has 2 aromatic carbocycles. The third-order valence-corrected chi connectivity index (χ3v) is 3.90. The average molecular weight is 493 g/mol. The summed E-state index contributed by atoms with van der Waals surface area (Å²) in [6.07, 6.45) is 0.0329. The molecule has 0 aromatic heterocycles. The van der Waals surface area contributed by atoms with Gasteiger partial charge >= 0.3 is 0 Å². The van der Waals surface area contributed by atoms with Crippen LogP contribution in [-0.4, -0.2) is 33.2 Å². The summed E-state index contributed by atoms with van der Waals surface area (Å²) < 4.78 is 45.2. The number of ether oxygens (including phenoxy) is 1. The van der Waals surface area contributed by atoms with Crippen molar-refractivity contribution < 1.29 is 17.9 Å². The van der Waals surface area contributed by atoms with Crippen LogP contribution in [0.4, 0.5) is 13.2 Å². The van der Waals surface area contributed by atoms with Crippen LogP contribution >= 0.6 is 24.0 Å². The van der Waals surface area contributed by atoms with Crippen LogP contribution in [0.3, 0.4) is 0 Å². The Kier molecular flexibility index (Phi) is 10.2. The number of halogens is 4. The van der Waals surface area contributed by atoms with Gasteiger partial charge in [0.2, 0.25) is 0 Å². The minimum absolute atomic E-state index is 0. The maximum Gasteiger partial charge on any atom is 0.191 e. The van der Waals surface area contributed by atoms with E-state index in [2.05, 4.69) is 15.6 Å². The fourth-order valence-electron chi connectivity index (χ4n) is 2.48. The molecule has 0 amide bonds. The molecule has 0 radical (unpaired) electrons. The van der Waals surface area contributed by atoms with E-state index >= 15 is 0 Å². The fraction of sp³-hybridized carbons (Fsp3) is 0.316. The van der Waals surface area contributed by atoms with Crippen molar-refractivity contribution in [1.82, 2.24) is 10.6 Å². The number of benzene rings is 2. The SMILES string of the molecule is CN=C(NCCc1cc(F)ccc1F)NCC(OC)c1ccc(F)cc1.I. The van der Waals surface area contributed by atoms with Gasteiger partial charge in [0.1, 0.15) is 17.5 Å². The highest BCUT2D eigenvalue weighted by Gasteiger charge is 2.11. The van der Waals surface area contributed by atoms with E-state index in [-0.39, 0.29) is 35.9 Å². The summed E-state index contributed by atoms with van der Waals surface area (Å²) in [7, 11) is 3.18. The maximum absolute atomic E-state index is 13.6. The fourth-order valence-corrected chi connectivity index (χ4v) is 2.48. The van der Waals surface area contributed by atoms with Gasteiger partial charge in [0.05, 0.1) is 6.10 Å². The second kappa shape index (κ2) is 11.8. The molecule has 0 aliphatic heterocycles. The molecule has 0 heterocycles. The lowest BCUT2D eigenvalue weighted by molar-refractivity contribution is 0.106. The predicted molar refractivity (Wildman–Crippen MR) is 111 cm³/mol. The number of nitrogens with one attached hydrogen (secondary N) is 2. The van der Waals surface area contributed by atoms with E-state index in [9.17, 15) is 13.2 Å². The molecule has 148 valence electrons. The molecule has 2 N–H and O–H groups in total. The molecule has 27 heavy (non-hydrogen) atoms. The maximum atomic E-state index is 13.6. The summed E-state index contributed by atoms with van der Waals surface area (Å²) in [5, 5.41) is 6.14. The Bertz CT molecular complexity index is 741. The lowest BCUT2D eigenvalue weighted by atomic mass is 10.1. The lowest BCUT2D eigenvalue weighted by Gasteiger charge is -2.19. The first-order valence-electron chi connectivity index (χ1n) is 8.20. The number of methoxy groups -OCH3 is 1. The molecule has 0 saturated heterocycles.